The molecule has 0 bridgehead atoms. The van der Waals surface area contributed by atoms with Gasteiger partial charge in [0.05, 0.1) is 13.2 Å². The molecule has 10 nitrogen and oxygen atoms in total. The highest BCUT2D eigenvalue weighted by atomic mass is 16.5. The van der Waals surface area contributed by atoms with Gasteiger partial charge in [-0.1, -0.05) is 36.4 Å². The van der Waals surface area contributed by atoms with E-state index in [-0.39, 0.29) is 18.1 Å². The molecule has 0 radical (unpaired) electrons. The molecule has 5 amide bonds. The number of imide groups is 1. The van der Waals surface area contributed by atoms with Gasteiger partial charge in [-0.3, -0.25) is 14.4 Å². The van der Waals surface area contributed by atoms with Crippen LogP contribution in [0.5, 0.6) is 0 Å². The second-order valence-corrected chi connectivity index (χ2v) is 8.52. The third-order valence-electron chi connectivity index (χ3n) is 6.11. The number of fused-ring (bicyclic) bond motifs is 1. The molecule has 0 saturated carbocycles. The number of nitrogens with zero attached hydrogens (tertiary/aromatic N) is 3. The molecular formula is C26H25N5O5. The van der Waals surface area contributed by atoms with E-state index >= 15 is 0 Å². The van der Waals surface area contributed by atoms with Gasteiger partial charge in [-0.25, -0.2) is 9.69 Å². The van der Waals surface area contributed by atoms with E-state index in [2.05, 4.69) is 10.6 Å². The van der Waals surface area contributed by atoms with Gasteiger partial charge >= 0.3 is 6.03 Å². The van der Waals surface area contributed by atoms with Crippen molar-refractivity contribution in [1.29, 1.82) is 0 Å². The normalized spacial score (nSPS) is 17.1. The van der Waals surface area contributed by atoms with Crippen molar-refractivity contribution in [3.8, 4) is 0 Å². The predicted octanol–water partition coefficient (Wildman–Crippen LogP) is 2.03. The number of carbonyl (C=O) groups excluding carboxylic acids is 4. The number of aromatic nitrogens is 1. The summed E-state index contributed by atoms with van der Waals surface area (Å²) in [6.07, 6.45) is 3.37. The first-order chi connectivity index (χ1) is 17.5. The van der Waals surface area contributed by atoms with Crippen LogP contribution in [-0.4, -0.2) is 71.0 Å². The molecule has 5 rings (SSSR count). The zero-order valence-corrected chi connectivity index (χ0v) is 19.5. The molecule has 2 aromatic carbocycles. The van der Waals surface area contributed by atoms with Gasteiger partial charge in [-0.2, -0.15) is 0 Å². The van der Waals surface area contributed by atoms with Crippen LogP contribution in [0.25, 0.3) is 17.0 Å². The Kier molecular flexibility index (Phi) is 6.50. The lowest BCUT2D eigenvalue weighted by Gasteiger charge is -2.27. The number of anilines is 1. The topological polar surface area (TPSA) is 113 Å². The van der Waals surface area contributed by atoms with Crippen LogP contribution >= 0.6 is 0 Å². The first kappa shape index (κ1) is 23.3. The zero-order chi connectivity index (χ0) is 25.1. The summed E-state index contributed by atoms with van der Waals surface area (Å²) >= 11 is 0. The van der Waals surface area contributed by atoms with Gasteiger partial charge in [0.1, 0.15) is 18.8 Å². The molecule has 0 aliphatic carbocycles. The van der Waals surface area contributed by atoms with Gasteiger partial charge < -0.3 is 24.8 Å². The van der Waals surface area contributed by atoms with Crippen molar-refractivity contribution in [1.82, 2.24) is 19.7 Å². The average Bonchev–Trinajstić information content (AvgIpc) is 3.37. The van der Waals surface area contributed by atoms with E-state index in [0.717, 1.165) is 15.8 Å². The summed E-state index contributed by atoms with van der Waals surface area (Å²) in [7, 11) is 0. The van der Waals surface area contributed by atoms with Gasteiger partial charge in [0.15, 0.2) is 0 Å². The lowest BCUT2D eigenvalue weighted by Crippen LogP contribution is -2.42. The number of carbonyl (C=O) groups is 4. The van der Waals surface area contributed by atoms with Gasteiger partial charge in [-0.15, -0.1) is 0 Å². The first-order valence-electron chi connectivity index (χ1n) is 11.6. The van der Waals surface area contributed by atoms with E-state index in [1.54, 1.807) is 41.4 Å². The zero-order valence-electron chi connectivity index (χ0n) is 19.5. The highest BCUT2D eigenvalue weighted by Crippen LogP contribution is 2.25. The van der Waals surface area contributed by atoms with E-state index in [9.17, 15) is 19.2 Å². The second kappa shape index (κ2) is 10.0. The fourth-order valence-corrected chi connectivity index (χ4v) is 4.32. The van der Waals surface area contributed by atoms with Crippen LogP contribution in [0.1, 0.15) is 5.56 Å². The molecule has 3 aromatic rings. The number of hydrogen-bond donors (Lipinski definition) is 2. The largest absolute Gasteiger partial charge is 0.378 e. The fraction of sp³-hybridized carbons (Fsp3) is 0.231. The van der Waals surface area contributed by atoms with E-state index in [1.165, 1.54) is 0 Å². The van der Waals surface area contributed by atoms with Crippen LogP contribution in [-0.2, 0) is 25.7 Å². The maximum absolute atomic E-state index is 13.0. The molecule has 2 N–H and O–H groups in total. The van der Waals surface area contributed by atoms with E-state index in [4.69, 9.17) is 4.74 Å². The molecule has 2 saturated heterocycles. The number of benzene rings is 2. The van der Waals surface area contributed by atoms with Crippen LogP contribution in [0.2, 0.25) is 0 Å². The van der Waals surface area contributed by atoms with Gasteiger partial charge in [-0.05, 0) is 24.3 Å². The van der Waals surface area contributed by atoms with Crippen molar-refractivity contribution in [3.63, 3.8) is 0 Å². The molecule has 184 valence electrons. The summed E-state index contributed by atoms with van der Waals surface area (Å²) in [5.74, 6) is -1.09. The maximum Gasteiger partial charge on any atom is 0.329 e. The Morgan fingerprint density at radius 2 is 1.69 bits per heavy atom. The summed E-state index contributed by atoms with van der Waals surface area (Å²) in [5, 5.41) is 6.06. The minimum Gasteiger partial charge on any atom is -0.378 e. The van der Waals surface area contributed by atoms with Crippen molar-refractivity contribution in [2.24, 2.45) is 0 Å². The van der Waals surface area contributed by atoms with E-state index in [0.29, 0.717) is 37.6 Å². The van der Waals surface area contributed by atoms with Crippen molar-refractivity contribution in [2.75, 3.05) is 38.2 Å². The number of urea groups is 1. The molecule has 0 atom stereocenters. The number of amides is 5. The van der Waals surface area contributed by atoms with E-state index < -0.39 is 24.4 Å². The Balaban J connectivity index is 1.34. The van der Waals surface area contributed by atoms with Gasteiger partial charge in [0, 0.05) is 41.4 Å². The highest BCUT2D eigenvalue weighted by molar-refractivity contribution is 6.16. The number of ether oxygens (including phenoxy) is 1. The summed E-state index contributed by atoms with van der Waals surface area (Å²) in [5.41, 5.74) is 2.15. The first-order valence-corrected chi connectivity index (χ1v) is 11.6. The van der Waals surface area contributed by atoms with Crippen molar-refractivity contribution in [2.45, 2.75) is 6.54 Å². The van der Waals surface area contributed by atoms with Crippen LogP contribution in [0.15, 0.2) is 66.5 Å². The molecule has 36 heavy (non-hydrogen) atoms. The molecule has 0 unspecified atom stereocenters. The fourth-order valence-electron chi connectivity index (χ4n) is 4.32. The minimum atomic E-state index is -0.666. The Hall–Kier alpha value is -4.44. The lowest BCUT2D eigenvalue weighted by atomic mass is 10.1. The average molecular weight is 488 g/mol. The standard InChI is InChI=1S/C26H25N5O5/c32-23(27-19-6-2-1-3-7-19)16-31-25(34)21(28-26(31)35)14-18-15-30(22-9-5-4-8-20(18)22)17-24(33)29-10-12-36-13-11-29/h1-9,14-15H,10-13,16-17H2,(H,27,32)(H,28,35)/b21-14-. The monoisotopic (exact) mass is 487 g/mol. The predicted molar refractivity (Wildman–Crippen MR) is 133 cm³/mol. The smallest absolute Gasteiger partial charge is 0.329 e. The number of morpholine rings is 1. The Bertz CT molecular complexity index is 1360. The minimum absolute atomic E-state index is 0.0147. The van der Waals surface area contributed by atoms with Crippen molar-refractivity contribution in [3.05, 3.63) is 72.1 Å². The van der Waals surface area contributed by atoms with Crippen LogP contribution in [0.4, 0.5) is 10.5 Å². The highest BCUT2D eigenvalue weighted by Gasteiger charge is 2.35. The summed E-state index contributed by atoms with van der Waals surface area (Å²) in [6, 6.07) is 15.7. The van der Waals surface area contributed by atoms with Crippen molar-refractivity contribution < 1.29 is 23.9 Å². The van der Waals surface area contributed by atoms with Crippen LogP contribution < -0.4 is 10.6 Å². The van der Waals surface area contributed by atoms with Crippen LogP contribution in [0.3, 0.4) is 0 Å². The molecule has 2 aliphatic heterocycles. The van der Waals surface area contributed by atoms with Crippen LogP contribution in [0, 0.1) is 0 Å². The third-order valence-corrected chi connectivity index (χ3v) is 6.11. The van der Waals surface area contributed by atoms with E-state index in [1.807, 2.05) is 34.9 Å². The molecule has 3 heterocycles. The lowest BCUT2D eigenvalue weighted by molar-refractivity contribution is -0.135. The quantitative estimate of drug-likeness (QED) is 0.408. The molecule has 0 spiro atoms. The summed E-state index contributed by atoms with van der Waals surface area (Å²) in [6.45, 7) is 1.91. The molecule has 1 aromatic heterocycles. The molecule has 2 fully saturated rings. The summed E-state index contributed by atoms with van der Waals surface area (Å²) in [4.78, 5) is 53.3. The second-order valence-electron chi connectivity index (χ2n) is 8.52. The Labute approximate surface area is 207 Å². The van der Waals surface area contributed by atoms with Gasteiger partial charge in [0.2, 0.25) is 11.8 Å². The third kappa shape index (κ3) is 4.84. The number of hydrogen-bond acceptors (Lipinski definition) is 5. The maximum atomic E-state index is 13.0. The molecule has 2 aliphatic rings. The number of rotatable bonds is 6. The SMILES string of the molecule is O=C(CN1C(=O)N/C(=C\c2cn(CC(=O)N3CCOCC3)c3ccccc23)C1=O)Nc1ccccc1. The Morgan fingerprint density at radius 1 is 0.972 bits per heavy atom. The molecule has 10 heteroatoms. The molecular weight excluding hydrogens is 462 g/mol. The Morgan fingerprint density at radius 3 is 2.47 bits per heavy atom. The number of nitrogens with one attached hydrogen (secondary N) is 2. The van der Waals surface area contributed by atoms with Gasteiger partial charge in [0.25, 0.3) is 5.91 Å². The van der Waals surface area contributed by atoms with Crippen molar-refractivity contribution >= 4 is 46.4 Å². The summed E-state index contributed by atoms with van der Waals surface area (Å²) < 4.78 is 7.17. The number of para-hydroxylation sites is 2.